The molecule has 0 saturated heterocycles. The van der Waals surface area contributed by atoms with Gasteiger partial charge in [0.2, 0.25) is 0 Å². The first kappa shape index (κ1) is 15.8. The maximum atomic E-state index is 12.6. The third-order valence-corrected chi connectivity index (χ3v) is 4.15. The summed E-state index contributed by atoms with van der Waals surface area (Å²) in [6.07, 6.45) is -0.859. The van der Waals surface area contributed by atoms with Crippen molar-refractivity contribution in [2.45, 2.75) is 17.4 Å². The molecule has 1 N–H and O–H groups in total. The molecule has 1 atom stereocenters. The molecule has 21 heavy (non-hydrogen) atoms. The van der Waals surface area contributed by atoms with Crippen molar-refractivity contribution in [1.29, 1.82) is 0 Å². The van der Waals surface area contributed by atoms with Crippen LogP contribution >= 0.6 is 10.2 Å². The lowest BCUT2D eigenvalue weighted by Crippen LogP contribution is -2.06. The van der Waals surface area contributed by atoms with Crippen molar-refractivity contribution in [3.05, 3.63) is 65.7 Å². The lowest BCUT2D eigenvalue weighted by Gasteiger charge is -2.40. The van der Waals surface area contributed by atoms with E-state index in [2.05, 4.69) is 0 Å². The van der Waals surface area contributed by atoms with Gasteiger partial charge in [0.1, 0.15) is 4.90 Å². The van der Waals surface area contributed by atoms with Gasteiger partial charge in [-0.2, -0.15) is 0 Å². The molecule has 0 heterocycles. The minimum atomic E-state index is -9.63. The van der Waals surface area contributed by atoms with Crippen LogP contribution in [0.1, 0.15) is 17.2 Å². The van der Waals surface area contributed by atoms with E-state index in [4.69, 9.17) is 0 Å². The molecule has 1 unspecified atom stereocenters. The maximum absolute atomic E-state index is 12.6. The average Bonchev–Trinajstić information content (AvgIpc) is 2.37. The lowest BCUT2D eigenvalue weighted by molar-refractivity contribution is 0.178. The first-order valence-electron chi connectivity index (χ1n) is 6.02. The first-order chi connectivity index (χ1) is 9.45. The van der Waals surface area contributed by atoms with Crippen molar-refractivity contribution in [3.63, 3.8) is 0 Å². The zero-order valence-corrected chi connectivity index (χ0v) is 11.5. The third kappa shape index (κ3) is 4.18. The largest absolute Gasteiger partial charge is 0.388 e. The summed E-state index contributed by atoms with van der Waals surface area (Å²) in [5.74, 6) is 0. The predicted molar refractivity (Wildman–Crippen MR) is 72.9 cm³/mol. The molecule has 2 rings (SSSR count). The van der Waals surface area contributed by atoms with E-state index >= 15 is 0 Å². The molecule has 0 aliphatic carbocycles. The van der Waals surface area contributed by atoms with E-state index in [1.807, 2.05) is 0 Å². The van der Waals surface area contributed by atoms with Gasteiger partial charge < -0.3 is 5.11 Å². The highest BCUT2D eigenvalue weighted by Crippen LogP contribution is 3.02. The Morgan fingerprint density at radius 1 is 0.810 bits per heavy atom. The molecule has 0 aliphatic heterocycles. The van der Waals surface area contributed by atoms with Crippen molar-refractivity contribution in [2.75, 3.05) is 0 Å². The average molecular weight is 324 g/mol. The fourth-order valence-electron chi connectivity index (χ4n) is 1.90. The summed E-state index contributed by atoms with van der Waals surface area (Å²) in [4.78, 5) is -1.92. The highest BCUT2D eigenvalue weighted by Gasteiger charge is 2.65. The minimum absolute atomic E-state index is 0.0462. The smallest absolute Gasteiger partial charge is 0.310 e. The predicted octanol–water partition coefficient (Wildman–Crippen LogP) is 5.62. The summed E-state index contributed by atoms with van der Waals surface area (Å²) in [6.45, 7) is 0. The molecule has 2 aromatic carbocycles. The van der Waals surface area contributed by atoms with Gasteiger partial charge in [0, 0.05) is 6.42 Å². The van der Waals surface area contributed by atoms with E-state index in [-0.39, 0.29) is 6.42 Å². The quantitative estimate of drug-likeness (QED) is 0.724. The number of aliphatic hydroxyl groups is 1. The molecule has 2 aromatic rings. The van der Waals surface area contributed by atoms with Crippen LogP contribution in [0.2, 0.25) is 0 Å². The summed E-state index contributed by atoms with van der Waals surface area (Å²) < 4.78 is 62.8. The van der Waals surface area contributed by atoms with E-state index in [1.165, 1.54) is 0 Å². The van der Waals surface area contributed by atoms with E-state index in [9.17, 15) is 24.5 Å². The van der Waals surface area contributed by atoms with Gasteiger partial charge in [-0.15, -0.1) is 0 Å². The first-order valence-corrected chi connectivity index (χ1v) is 7.97. The lowest BCUT2D eigenvalue weighted by atomic mass is 10.0. The highest BCUT2D eigenvalue weighted by molar-refractivity contribution is 8.45. The van der Waals surface area contributed by atoms with Crippen LogP contribution in [0.5, 0.6) is 0 Å². The Kier molecular flexibility index (Phi) is 3.34. The van der Waals surface area contributed by atoms with Gasteiger partial charge in [0.15, 0.2) is 0 Å². The molecule has 116 valence electrons. The monoisotopic (exact) mass is 324 g/mol. The fraction of sp³-hybridized carbons (Fsp3) is 0.143. The number of aliphatic hydroxyl groups excluding tert-OH is 1. The summed E-state index contributed by atoms with van der Waals surface area (Å²) in [7, 11) is -9.63. The Hall–Kier alpha value is -1.60. The Morgan fingerprint density at radius 3 is 1.81 bits per heavy atom. The maximum Gasteiger partial charge on any atom is 0.310 e. The highest BCUT2D eigenvalue weighted by atomic mass is 32.5. The van der Waals surface area contributed by atoms with Crippen molar-refractivity contribution in [3.8, 4) is 0 Å². The molecule has 0 spiro atoms. The topological polar surface area (TPSA) is 20.2 Å². The Morgan fingerprint density at radius 2 is 1.33 bits per heavy atom. The molecule has 0 amide bonds. The second kappa shape index (κ2) is 4.45. The van der Waals surface area contributed by atoms with Gasteiger partial charge in [-0.25, -0.2) is 0 Å². The van der Waals surface area contributed by atoms with Crippen molar-refractivity contribution in [1.82, 2.24) is 0 Å². The van der Waals surface area contributed by atoms with Gasteiger partial charge in [-0.3, -0.25) is 0 Å². The van der Waals surface area contributed by atoms with Crippen LogP contribution in [0.4, 0.5) is 19.4 Å². The van der Waals surface area contributed by atoms with Gasteiger partial charge in [0.25, 0.3) is 0 Å². The summed E-state index contributed by atoms with van der Waals surface area (Å²) in [6, 6.07) is 11.2. The number of rotatable bonds is 4. The van der Waals surface area contributed by atoms with E-state index in [0.29, 0.717) is 23.3 Å². The Balaban J connectivity index is 2.18. The minimum Gasteiger partial charge on any atom is -0.388 e. The number of hydrogen-bond donors (Lipinski definition) is 1. The van der Waals surface area contributed by atoms with Crippen LogP contribution in [0, 0.1) is 0 Å². The van der Waals surface area contributed by atoms with Crippen molar-refractivity contribution < 1.29 is 24.5 Å². The zero-order valence-electron chi connectivity index (χ0n) is 10.7. The van der Waals surface area contributed by atoms with E-state index in [1.54, 1.807) is 30.3 Å². The number of halogens is 5. The third-order valence-electron chi connectivity index (χ3n) is 2.98. The number of hydrogen-bond acceptors (Lipinski definition) is 1. The van der Waals surface area contributed by atoms with Crippen LogP contribution in [-0.2, 0) is 6.42 Å². The molecular formula is C14H13F5OS. The van der Waals surface area contributed by atoms with E-state index < -0.39 is 21.2 Å². The fourth-order valence-corrected chi connectivity index (χ4v) is 2.55. The number of benzene rings is 2. The summed E-state index contributed by atoms with van der Waals surface area (Å²) >= 11 is 0. The Bertz CT molecular complexity index is 622. The second-order valence-electron chi connectivity index (χ2n) is 4.74. The molecule has 7 heteroatoms. The van der Waals surface area contributed by atoms with Crippen molar-refractivity contribution >= 4 is 10.2 Å². The van der Waals surface area contributed by atoms with Crippen LogP contribution in [0.15, 0.2) is 59.5 Å². The van der Waals surface area contributed by atoms with Gasteiger partial charge in [-0.1, -0.05) is 61.9 Å². The van der Waals surface area contributed by atoms with Crippen LogP contribution in [-0.4, -0.2) is 5.11 Å². The second-order valence-corrected chi connectivity index (χ2v) is 7.15. The molecule has 0 radical (unpaired) electrons. The van der Waals surface area contributed by atoms with Gasteiger partial charge in [0.05, 0.1) is 6.10 Å². The molecule has 0 bridgehead atoms. The SMILES string of the molecule is OC(Cc1ccc(S(F)(F)(F)(F)F)cc1)c1ccccc1. The summed E-state index contributed by atoms with van der Waals surface area (Å²) in [5, 5.41) is 9.94. The van der Waals surface area contributed by atoms with E-state index in [0.717, 1.165) is 12.1 Å². The molecule has 0 aromatic heterocycles. The zero-order chi connectivity index (χ0) is 15.8. The van der Waals surface area contributed by atoms with Crippen LogP contribution in [0.25, 0.3) is 0 Å². The molecule has 0 aliphatic rings. The molecule has 0 fully saturated rings. The van der Waals surface area contributed by atoms with Crippen LogP contribution in [0.3, 0.4) is 0 Å². The van der Waals surface area contributed by atoms with Crippen molar-refractivity contribution in [2.24, 2.45) is 0 Å². The summed E-state index contributed by atoms with van der Waals surface area (Å²) in [5.41, 5.74) is 0.950. The van der Waals surface area contributed by atoms with Gasteiger partial charge in [-0.05, 0) is 23.3 Å². The molecule has 1 nitrogen and oxygen atoms in total. The van der Waals surface area contributed by atoms with Gasteiger partial charge >= 0.3 is 10.2 Å². The standard InChI is InChI=1S/C14H13F5OS/c15-21(16,17,18,19)13-8-6-11(7-9-13)10-14(20)12-4-2-1-3-5-12/h1-9,14,20H,10H2. The molecular weight excluding hydrogens is 311 g/mol. The Labute approximate surface area is 118 Å². The molecule has 0 saturated carbocycles. The van der Waals surface area contributed by atoms with Crippen LogP contribution < -0.4 is 0 Å². The normalized spacial score (nSPS) is 16.9.